The van der Waals surface area contributed by atoms with E-state index >= 15 is 0 Å². The van der Waals surface area contributed by atoms with Gasteiger partial charge in [-0.05, 0) is 60.6 Å². The normalized spacial score (nSPS) is 13.8. The van der Waals surface area contributed by atoms with Gasteiger partial charge in [0.05, 0.1) is 5.01 Å². The highest BCUT2D eigenvalue weighted by Gasteiger charge is 2.26. The second kappa shape index (κ2) is 12.5. The van der Waals surface area contributed by atoms with Crippen molar-refractivity contribution in [2.24, 2.45) is 0 Å². The zero-order valence-electron chi connectivity index (χ0n) is 22.3. The van der Waals surface area contributed by atoms with Crippen LogP contribution >= 0.6 is 11.3 Å². The van der Waals surface area contributed by atoms with Gasteiger partial charge in [0.15, 0.2) is 11.6 Å². The van der Waals surface area contributed by atoms with Crippen molar-refractivity contribution in [3.63, 3.8) is 0 Å². The zero-order valence-corrected chi connectivity index (χ0v) is 23.1. The van der Waals surface area contributed by atoms with Crippen LogP contribution in [0.1, 0.15) is 58.7 Å². The fourth-order valence-corrected chi connectivity index (χ4v) is 5.98. The number of halogens is 2. The third-order valence-electron chi connectivity index (χ3n) is 7.41. The Hall–Kier alpha value is -3.91. The minimum Gasteiger partial charge on any atom is -0.343 e. The predicted molar refractivity (Wildman–Crippen MR) is 155 cm³/mol. The molecule has 206 valence electrons. The van der Waals surface area contributed by atoms with E-state index in [1.54, 1.807) is 5.38 Å². The summed E-state index contributed by atoms with van der Waals surface area (Å²) in [4.78, 5) is 32.3. The number of likely N-dealkylation sites (tertiary alicyclic amines) is 1. The maximum absolute atomic E-state index is 13.4. The molecule has 40 heavy (non-hydrogen) atoms. The molecule has 2 heterocycles. The van der Waals surface area contributed by atoms with Gasteiger partial charge in [-0.1, -0.05) is 55.5 Å². The van der Waals surface area contributed by atoms with Gasteiger partial charge in [0.2, 0.25) is 5.91 Å². The molecular weight excluding hydrogens is 528 g/mol. The van der Waals surface area contributed by atoms with E-state index in [0.717, 1.165) is 53.2 Å². The van der Waals surface area contributed by atoms with E-state index in [1.807, 2.05) is 29.2 Å². The third kappa shape index (κ3) is 6.45. The minimum atomic E-state index is -0.895. The number of piperidine rings is 1. The summed E-state index contributed by atoms with van der Waals surface area (Å²) in [5, 5.41) is 5.73. The molecule has 8 heteroatoms. The standard InChI is InChI=1S/C32H31F2N3O2S/c1-2-21-7-11-23(12-8-21)25-5-3-4-6-28(25)35-31(39)29-20-40-32(36-29)24-15-17-37(18-16-24)30(38)14-10-22-9-13-26(33)27(34)19-22/h3-9,11-13,19-20,24H,2,10,14-18H2,1H3,(H,35,39). The number of amides is 2. The number of anilines is 1. The van der Waals surface area contributed by atoms with E-state index in [1.165, 1.54) is 23.0 Å². The van der Waals surface area contributed by atoms with Crippen LogP contribution in [0.15, 0.2) is 72.1 Å². The molecule has 0 spiro atoms. The first kappa shape index (κ1) is 27.6. The van der Waals surface area contributed by atoms with Crippen molar-refractivity contribution in [3.8, 4) is 11.1 Å². The number of benzene rings is 3. The maximum atomic E-state index is 13.4. The Morgan fingerprint density at radius 1 is 0.975 bits per heavy atom. The fourth-order valence-electron chi connectivity index (χ4n) is 5.01. The molecule has 0 aliphatic carbocycles. The Labute approximate surface area is 236 Å². The van der Waals surface area contributed by atoms with E-state index in [9.17, 15) is 18.4 Å². The van der Waals surface area contributed by atoms with Gasteiger partial charge >= 0.3 is 0 Å². The average molecular weight is 560 g/mol. The molecule has 4 aromatic rings. The molecule has 0 atom stereocenters. The number of aryl methyl sites for hydroxylation is 2. The van der Waals surface area contributed by atoms with Crippen molar-refractivity contribution in [3.05, 3.63) is 106 Å². The Kier molecular flexibility index (Phi) is 8.65. The van der Waals surface area contributed by atoms with Crippen molar-refractivity contribution >= 4 is 28.8 Å². The molecule has 2 amide bonds. The van der Waals surface area contributed by atoms with Gasteiger partial charge in [-0.25, -0.2) is 13.8 Å². The number of carbonyl (C=O) groups is 2. The number of nitrogens with zero attached hydrogens (tertiary/aromatic N) is 2. The number of aromatic nitrogens is 1. The Morgan fingerprint density at radius 3 is 2.42 bits per heavy atom. The molecule has 1 N–H and O–H groups in total. The summed E-state index contributed by atoms with van der Waals surface area (Å²) >= 11 is 1.48. The van der Waals surface area contributed by atoms with E-state index < -0.39 is 11.6 Å². The molecule has 1 fully saturated rings. The van der Waals surface area contributed by atoms with E-state index in [-0.39, 0.29) is 24.2 Å². The van der Waals surface area contributed by atoms with Gasteiger partial charge in [-0.15, -0.1) is 11.3 Å². The van der Waals surface area contributed by atoms with Crippen LogP contribution < -0.4 is 5.32 Å². The Morgan fingerprint density at radius 2 is 1.70 bits per heavy atom. The summed E-state index contributed by atoms with van der Waals surface area (Å²) in [6.07, 6.45) is 3.12. The molecule has 5 rings (SSSR count). The molecular formula is C32H31F2N3O2S. The molecule has 1 aliphatic rings. The molecule has 5 nitrogen and oxygen atoms in total. The highest BCUT2D eigenvalue weighted by atomic mass is 32.1. The van der Waals surface area contributed by atoms with E-state index in [0.29, 0.717) is 30.8 Å². The van der Waals surface area contributed by atoms with Crippen LogP contribution in [-0.4, -0.2) is 34.8 Å². The molecule has 0 radical (unpaired) electrons. The smallest absolute Gasteiger partial charge is 0.275 e. The van der Waals surface area contributed by atoms with Crippen molar-refractivity contribution in [1.82, 2.24) is 9.88 Å². The molecule has 0 unspecified atom stereocenters. The zero-order chi connectivity index (χ0) is 28.1. The number of para-hydroxylation sites is 1. The lowest BCUT2D eigenvalue weighted by atomic mass is 9.97. The lowest BCUT2D eigenvalue weighted by Crippen LogP contribution is -2.38. The van der Waals surface area contributed by atoms with Crippen molar-refractivity contribution in [2.45, 2.75) is 44.9 Å². The van der Waals surface area contributed by atoms with Crippen LogP contribution in [0.3, 0.4) is 0 Å². The lowest BCUT2D eigenvalue weighted by Gasteiger charge is -2.31. The summed E-state index contributed by atoms with van der Waals surface area (Å²) < 4.78 is 26.6. The summed E-state index contributed by atoms with van der Waals surface area (Å²) in [6.45, 7) is 3.33. The van der Waals surface area contributed by atoms with Crippen LogP contribution in [0.25, 0.3) is 11.1 Å². The highest BCUT2D eigenvalue weighted by Crippen LogP contribution is 2.32. The van der Waals surface area contributed by atoms with Crippen LogP contribution in [0.2, 0.25) is 0 Å². The molecule has 1 aliphatic heterocycles. The third-order valence-corrected chi connectivity index (χ3v) is 8.42. The van der Waals surface area contributed by atoms with E-state index in [4.69, 9.17) is 0 Å². The molecule has 0 saturated carbocycles. The van der Waals surface area contributed by atoms with Crippen molar-refractivity contribution in [2.75, 3.05) is 18.4 Å². The van der Waals surface area contributed by atoms with E-state index in [2.05, 4.69) is 41.5 Å². The predicted octanol–water partition coefficient (Wildman–Crippen LogP) is 7.24. The topological polar surface area (TPSA) is 62.3 Å². The number of nitrogens with one attached hydrogen (secondary N) is 1. The van der Waals surface area contributed by atoms with Gasteiger partial charge in [0.25, 0.3) is 5.91 Å². The molecule has 0 bridgehead atoms. The SMILES string of the molecule is CCc1ccc(-c2ccccc2NC(=O)c2csc(C3CCN(C(=O)CCc4ccc(F)c(F)c4)CC3)n2)cc1. The second-order valence-electron chi connectivity index (χ2n) is 10.0. The lowest BCUT2D eigenvalue weighted by molar-refractivity contribution is -0.132. The van der Waals surface area contributed by atoms with Crippen LogP contribution in [0.5, 0.6) is 0 Å². The van der Waals surface area contributed by atoms with Gasteiger partial charge in [-0.3, -0.25) is 9.59 Å². The quantitative estimate of drug-likeness (QED) is 0.248. The highest BCUT2D eigenvalue weighted by molar-refractivity contribution is 7.10. The second-order valence-corrected chi connectivity index (χ2v) is 10.9. The Balaban J connectivity index is 1.16. The first-order valence-corrected chi connectivity index (χ1v) is 14.5. The molecule has 1 aromatic heterocycles. The van der Waals surface area contributed by atoms with Crippen LogP contribution in [-0.2, 0) is 17.6 Å². The first-order chi connectivity index (χ1) is 19.4. The molecule has 3 aromatic carbocycles. The van der Waals surface area contributed by atoms with Crippen LogP contribution in [0.4, 0.5) is 14.5 Å². The fraction of sp³-hybridized carbons (Fsp3) is 0.281. The monoisotopic (exact) mass is 559 g/mol. The summed E-state index contributed by atoms with van der Waals surface area (Å²) in [5.74, 6) is -1.84. The Bertz CT molecular complexity index is 1490. The van der Waals surface area contributed by atoms with Gasteiger partial charge < -0.3 is 10.2 Å². The summed E-state index contributed by atoms with van der Waals surface area (Å²) in [6, 6.07) is 19.9. The summed E-state index contributed by atoms with van der Waals surface area (Å²) in [5.41, 5.74) is 4.99. The van der Waals surface area contributed by atoms with Gasteiger partial charge in [0, 0.05) is 42.1 Å². The van der Waals surface area contributed by atoms with Crippen molar-refractivity contribution in [1.29, 1.82) is 0 Å². The average Bonchev–Trinajstić information content (AvgIpc) is 3.49. The maximum Gasteiger partial charge on any atom is 0.275 e. The van der Waals surface area contributed by atoms with Crippen molar-refractivity contribution < 1.29 is 18.4 Å². The van der Waals surface area contributed by atoms with Gasteiger partial charge in [0.1, 0.15) is 5.69 Å². The number of hydrogen-bond donors (Lipinski definition) is 1. The summed E-state index contributed by atoms with van der Waals surface area (Å²) in [7, 11) is 0. The number of rotatable bonds is 8. The number of carbonyl (C=O) groups excluding carboxylic acids is 2. The largest absolute Gasteiger partial charge is 0.343 e. The van der Waals surface area contributed by atoms with Crippen LogP contribution in [0, 0.1) is 11.6 Å². The first-order valence-electron chi connectivity index (χ1n) is 13.6. The minimum absolute atomic E-state index is 0.00499. The number of thiazole rings is 1. The molecule has 1 saturated heterocycles. The van der Waals surface area contributed by atoms with Gasteiger partial charge in [-0.2, -0.15) is 0 Å². The number of hydrogen-bond acceptors (Lipinski definition) is 4.